The normalized spacial score (nSPS) is 16.6. The van der Waals surface area contributed by atoms with Crippen LogP contribution in [-0.2, 0) is 22.4 Å². The van der Waals surface area contributed by atoms with Crippen LogP contribution in [0.25, 0.3) is 10.4 Å². The lowest BCUT2D eigenvalue weighted by molar-refractivity contribution is -0.133. The SMILES string of the molecule is [N-]=[N+]=NCCCC[C@H](Cc1ccccc1)C(=O)N1C(=O)OC[C@@H]1Cc1ccccc1. The summed E-state index contributed by atoms with van der Waals surface area (Å²) in [6, 6.07) is 19.3. The van der Waals surface area contributed by atoms with Crippen molar-refractivity contribution in [3.63, 3.8) is 0 Å². The molecule has 1 aliphatic heterocycles. The van der Waals surface area contributed by atoms with Crippen molar-refractivity contribution in [2.45, 2.75) is 38.1 Å². The summed E-state index contributed by atoms with van der Waals surface area (Å²) in [4.78, 5) is 29.9. The third kappa shape index (κ3) is 5.84. The molecule has 1 fully saturated rings. The number of rotatable bonds is 10. The molecule has 1 aliphatic rings. The maximum absolute atomic E-state index is 13.4. The molecule has 0 spiro atoms. The quantitative estimate of drug-likeness (QED) is 0.243. The molecule has 0 unspecified atom stereocenters. The average Bonchev–Trinajstić information content (AvgIpc) is 3.13. The highest BCUT2D eigenvalue weighted by Gasteiger charge is 2.40. The van der Waals surface area contributed by atoms with Crippen LogP contribution in [0, 0.1) is 5.92 Å². The summed E-state index contributed by atoms with van der Waals surface area (Å²) in [5, 5.41) is 3.56. The van der Waals surface area contributed by atoms with Gasteiger partial charge in [-0.1, -0.05) is 72.2 Å². The Morgan fingerprint density at radius 3 is 2.43 bits per heavy atom. The molecule has 0 aliphatic carbocycles. The molecule has 30 heavy (non-hydrogen) atoms. The predicted molar refractivity (Wildman–Crippen MR) is 114 cm³/mol. The lowest BCUT2D eigenvalue weighted by Crippen LogP contribution is -2.44. The summed E-state index contributed by atoms with van der Waals surface area (Å²) >= 11 is 0. The minimum Gasteiger partial charge on any atom is -0.447 e. The van der Waals surface area contributed by atoms with Crippen molar-refractivity contribution < 1.29 is 14.3 Å². The van der Waals surface area contributed by atoms with Crippen LogP contribution < -0.4 is 0 Å². The van der Waals surface area contributed by atoms with Gasteiger partial charge in [0.15, 0.2) is 0 Å². The van der Waals surface area contributed by atoms with Gasteiger partial charge in [0.05, 0.1) is 6.04 Å². The number of imide groups is 1. The van der Waals surface area contributed by atoms with E-state index in [9.17, 15) is 9.59 Å². The largest absolute Gasteiger partial charge is 0.447 e. The minimum absolute atomic E-state index is 0.189. The van der Waals surface area contributed by atoms with E-state index in [2.05, 4.69) is 10.0 Å². The molecule has 2 aromatic carbocycles. The summed E-state index contributed by atoms with van der Waals surface area (Å²) < 4.78 is 5.24. The summed E-state index contributed by atoms with van der Waals surface area (Å²) in [5.41, 5.74) is 10.5. The van der Waals surface area contributed by atoms with E-state index >= 15 is 0 Å². The molecule has 0 radical (unpaired) electrons. The summed E-state index contributed by atoms with van der Waals surface area (Å²) in [5.74, 6) is -0.520. The maximum Gasteiger partial charge on any atom is 0.416 e. The van der Waals surface area contributed by atoms with Crippen LogP contribution in [0.2, 0.25) is 0 Å². The van der Waals surface area contributed by atoms with Crippen molar-refractivity contribution in [1.29, 1.82) is 0 Å². The lowest BCUT2D eigenvalue weighted by atomic mass is 9.92. The van der Waals surface area contributed by atoms with E-state index in [1.165, 1.54) is 4.90 Å². The first-order valence-electron chi connectivity index (χ1n) is 10.3. The molecule has 0 N–H and O–H groups in total. The number of hydrogen-bond donors (Lipinski definition) is 0. The standard InChI is InChI=1S/C23H26N4O3/c24-26-25-14-8-7-13-20(15-18-9-3-1-4-10-18)22(28)27-21(17-30-23(27)29)16-19-11-5-2-6-12-19/h1-6,9-12,20-21H,7-8,13-17H2/t20-,21+/m1/s1. The molecule has 2 atom stereocenters. The number of cyclic esters (lactones) is 1. The number of benzene rings is 2. The van der Waals surface area contributed by atoms with Gasteiger partial charge in [-0.05, 0) is 42.3 Å². The highest BCUT2D eigenvalue weighted by molar-refractivity contribution is 5.95. The molecular weight excluding hydrogens is 380 g/mol. The second kappa shape index (κ2) is 11.0. The Hall–Kier alpha value is -3.31. The van der Waals surface area contributed by atoms with Crippen molar-refractivity contribution in [3.8, 4) is 0 Å². The van der Waals surface area contributed by atoms with E-state index in [0.717, 1.165) is 17.5 Å². The van der Waals surface area contributed by atoms with E-state index in [4.69, 9.17) is 10.3 Å². The number of hydrogen-bond acceptors (Lipinski definition) is 4. The highest BCUT2D eigenvalue weighted by Crippen LogP contribution is 2.24. The fourth-order valence-electron chi connectivity index (χ4n) is 3.79. The Balaban J connectivity index is 1.73. The molecule has 7 nitrogen and oxygen atoms in total. The minimum atomic E-state index is -0.562. The van der Waals surface area contributed by atoms with Gasteiger partial charge in [-0.3, -0.25) is 4.79 Å². The van der Waals surface area contributed by atoms with E-state index in [1.807, 2.05) is 60.7 Å². The zero-order chi connectivity index (χ0) is 21.2. The number of nitrogens with zero attached hydrogens (tertiary/aromatic N) is 4. The molecule has 3 rings (SSSR count). The number of carbonyl (C=O) groups is 2. The Morgan fingerprint density at radius 2 is 1.77 bits per heavy atom. The van der Waals surface area contributed by atoms with Gasteiger partial charge in [-0.25, -0.2) is 9.69 Å². The second-order valence-corrected chi connectivity index (χ2v) is 7.47. The fraction of sp³-hybridized carbons (Fsp3) is 0.391. The number of azide groups is 1. The summed E-state index contributed by atoms with van der Waals surface area (Å²) in [6.07, 6.45) is 2.65. The van der Waals surface area contributed by atoms with Gasteiger partial charge in [0.25, 0.3) is 0 Å². The van der Waals surface area contributed by atoms with Crippen LogP contribution in [0.15, 0.2) is 65.8 Å². The van der Waals surface area contributed by atoms with E-state index in [1.54, 1.807) is 0 Å². The molecule has 1 heterocycles. The van der Waals surface area contributed by atoms with Gasteiger partial charge < -0.3 is 4.74 Å². The fourth-order valence-corrected chi connectivity index (χ4v) is 3.79. The smallest absolute Gasteiger partial charge is 0.416 e. The Bertz CT molecular complexity index is 882. The van der Waals surface area contributed by atoms with Crippen LogP contribution in [0.1, 0.15) is 30.4 Å². The van der Waals surface area contributed by atoms with Gasteiger partial charge in [0.1, 0.15) is 6.61 Å². The van der Waals surface area contributed by atoms with Crippen molar-refractivity contribution in [3.05, 3.63) is 82.2 Å². The molecule has 1 saturated heterocycles. The topological polar surface area (TPSA) is 95.4 Å². The predicted octanol–water partition coefficient (Wildman–Crippen LogP) is 4.92. The van der Waals surface area contributed by atoms with Crippen LogP contribution in [0.4, 0.5) is 4.79 Å². The van der Waals surface area contributed by atoms with Gasteiger partial charge >= 0.3 is 6.09 Å². The van der Waals surface area contributed by atoms with Gasteiger partial charge in [0.2, 0.25) is 5.91 Å². The molecule has 0 saturated carbocycles. The number of carbonyl (C=O) groups excluding carboxylic acids is 2. The summed E-state index contributed by atoms with van der Waals surface area (Å²) in [6.45, 7) is 0.625. The third-order valence-electron chi connectivity index (χ3n) is 5.31. The average molecular weight is 406 g/mol. The molecule has 7 heteroatoms. The first-order chi connectivity index (χ1) is 14.7. The zero-order valence-corrected chi connectivity index (χ0v) is 16.9. The Labute approximate surface area is 176 Å². The van der Waals surface area contributed by atoms with Gasteiger partial charge in [-0.2, -0.15) is 0 Å². The number of ether oxygens (including phenoxy) is 1. The summed E-state index contributed by atoms with van der Waals surface area (Å²) in [7, 11) is 0. The molecule has 156 valence electrons. The number of unbranched alkanes of at least 4 members (excludes halogenated alkanes) is 1. The molecule has 0 aromatic heterocycles. The zero-order valence-electron chi connectivity index (χ0n) is 16.9. The van der Waals surface area contributed by atoms with Gasteiger partial charge in [-0.15, -0.1) is 0 Å². The van der Waals surface area contributed by atoms with Gasteiger partial charge in [0, 0.05) is 17.4 Å². The molecule has 2 aromatic rings. The first kappa shape index (κ1) is 21.4. The molecule has 2 amide bonds. The van der Waals surface area contributed by atoms with Crippen molar-refractivity contribution in [2.24, 2.45) is 11.0 Å². The Morgan fingerprint density at radius 1 is 1.10 bits per heavy atom. The van der Waals surface area contributed by atoms with E-state index < -0.39 is 6.09 Å². The van der Waals surface area contributed by atoms with E-state index in [0.29, 0.717) is 32.2 Å². The molecule has 0 bridgehead atoms. The second-order valence-electron chi connectivity index (χ2n) is 7.47. The monoisotopic (exact) mass is 406 g/mol. The lowest BCUT2D eigenvalue weighted by Gasteiger charge is -2.25. The van der Waals surface area contributed by atoms with Crippen molar-refractivity contribution >= 4 is 12.0 Å². The van der Waals surface area contributed by atoms with Crippen LogP contribution in [-0.4, -0.2) is 36.1 Å². The maximum atomic E-state index is 13.4. The molecular formula is C23H26N4O3. The Kier molecular flexibility index (Phi) is 7.86. The van der Waals surface area contributed by atoms with Crippen LogP contribution >= 0.6 is 0 Å². The number of amides is 2. The van der Waals surface area contributed by atoms with Crippen LogP contribution in [0.3, 0.4) is 0 Å². The first-order valence-corrected chi connectivity index (χ1v) is 10.3. The third-order valence-corrected chi connectivity index (χ3v) is 5.31. The van der Waals surface area contributed by atoms with Crippen molar-refractivity contribution in [1.82, 2.24) is 4.90 Å². The van der Waals surface area contributed by atoms with Crippen LogP contribution in [0.5, 0.6) is 0 Å². The highest BCUT2D eigenvalue weighted by atomic mass is 16.6. The van der Waals surface area contributed by atoms with E-state index in [-0.39, 0.29) is 24.5 Å². The van der Waals surface area contributed by atoms with Crippen molar-refractivity contribution in [2.75, 3.05) is 13.2 Å².